The molecular formula is C15H20N2O3S2. The summed E-state index contributed by atoms with van der Waals surface area (Å²) < 4.78 is 0. The van der Waals surface area contributed by atoms with Crippen molar-refractivity contribution in [2.75, 3.05) is 18.1 Å². The van der Waals surface area contributed by atoms with Crippen LogP contribution in [0.3, 0.4) is 0 Å². The van der Waals surface area contributed by atoms with Crippen molar-refractivity contribution in [3.05, 3.63) is 29.8 Å². The molecule has 1 aliphatic rings. The zero-order valence-electron chi connectivity index (χ0n) is 12.3. The summed E-state index contributed by atoms with van der Waals surface area (Å²) in [4.78, 5) is 16.0. The summed E-state index contributed by atoms with van der Waals surface area (Å²) in [5, 5.41) is 23.1. The molecule has 120 valence electrons. The third-order valence-corrected chi connectivity index (χ3v) is 5.48. The molecule has 2 rings (SSSR count). The largest absolute Gasteiger partial charge is 0.507 e. The minimum Gasteiger partial charge on any atom is -0.507 e. The lowest BCUT2D eigenvalue weighted by molar-refractivity contribution is -0.143. The lowest BCUT2D eigenvalue weighted by Gasteiger charge is -2.25. The lowest BCUT2D eigenvalue weighted by Crippen LogP contribution is -2.53. The molecule has 0 bridgehead atoms. The van der Waals surface area contributed by atoms with Crippen LogP contribution in [0.5, 0.6) is 5.75 Å². The number of nitrogens with zero attached hydrogens (tertiary/aromatic N) is 1. The first-order valence-electron chi connectivity index (χ1n) is 6.86. The third kappa shape index (κ3) is 3.91. The number of rotatable bonds is 7. The number of benzene rings is 1. The number of aliphatic carboxylic acids is 1. The fraction of sp³-hybridized carbons (Fsp3) is 0.400. The van der Waals surface area contributed by atoms with Gasteiger partial charge in [0, 0.05) is 23.6 Å². The number of aliphatic imine (C=N–C) groups is 1. The molecule has 0 radical (unpaired) electrons. The number of para-hydroxylation sites is 1. The van der Waals surface area contributed by atoms with Crippen LogP contribution in [-0.2, 0) is 4.79 Å². The standard InChI is InChI=1S/C15H20N2O3S2/c1-15(9-21-2,14(19)20)16-7-10-8-22-13(17-10)11-5-3-4-6-12(11)18/h3-6,10,16,18,21H,2,7-9H2,1H3,(H,19,20)/t10-,15?/m1/s1. The highest BCUT2D eigenvalue weighted by Crippen LogP contribution is 2.28. The monoisotopic (exact) mass is 340 g/mol. The highest BCUT2D eigenvalue weighted by Gasteiger charge is 2.32. The molecular weight excluding hydrogens is 320 g/mol. The fourth-order valence-electron chi connectivity index (χ4n) is 2.09. The van der Waals surface area contributed by atoms with Crippen molar-refractivity contribution in [1.82, 2.24) is 5.32 Å². The maximum atomic E-state index is 11.4. The molecule has 1 aromatic rings. The first-order chi connectivity index (χ1) is 10.5. The number of hydrogen-bond donors (Lipinski definition) is 4. The molecule has 0 spiro atoms. The maximum absolute atomic E-state index is 11.4. The van der Waals surface area contributed by atoms with Gasteiger partial charge >= 0.3 is 5.97 Å². The van der Waals surface area contributed by atoms with Gasteiger partial charge in [0.1, 0.15) is 16.3 Å². The number of nitrogens with one attached hydrogen (secondary N) is 1. The van der Waals surface area contributed by atoms with Crippen molar-refractivity contribution in [2.24, 2.45) is 4.99 Å². The van der Waals surface area contributed by atoms with Crippen LogP contribution < -0.4 is 5.32 Å². The first kappa shape index (κ1) is 17.1. The number of thiol groups is 1. The Labute approximate surface area is 137 Å². The number of carboxylic acid groups (broad SMARTS) is 1. The van der Waals surface area contributed by atoms with Crippen molar-refractivity contribution >= 4 is 40.0 Å². The average Bonchev–Trinajstić information content (AvgIpc) is 2.94. The summed E-state index contributed by atoms with van der Waals surface area (Å²) >= 11 is 2.37. The SMILES string of the molecule is C=[SH]CC(C)(NC[C@@H]1CSC(c2ccccc2O)=N1)C(=O)O. The molecule has 0 saturated heterocycles. The van der Waals surface area contributed by atoms with E-state index in [1.165, 1.54) is 0 Å². The van der Waals surface area contributed by atoms with Gasteiger partial charge in [-0.15, -0.1) is 11.8 Å². The van der Waals surface area contributed by atoms with Gasteiger partial charge in [0.2, 0.25) is 0 Å². The van der Waals surface area contributed by atoms with Crippen molar-refractivity contribution in [3.63, 3.8) is 0 Å². The number of carboxylic acids is 1. The number of carbonyl (C=O) groups is 1. The minimum absolute atomic E-state index is 0.000219. The summed E-state index contributed by atoms with van der Waals surface area (Å²) in [5.74, 6) is 4.26. The van der Waals surface area contributed by atoms with E-state index >= 15 is 0 Å². The smallest absolute Gasteiger partial charge is 0.324 e. The second-order valence-electron chi connectivity index (χ2n) is 5.32. The van der Waals surface area contributed by atoms with E-state index in [0.717, 1.165) is 27.7 Å². The summed E-state index contributed by atoms with van der Waals surface area (Å²) in [6.07, 6.45) is 0. The van der Waals surface area contributed by atoms with Crippen LogP contribution in [-0.4, -0.2) is 56.7 Å². The van der Waals surface area contributed by atoms with E-state index in [4.69, 9.17) is 0 Å². The van der Waals surface area contributed by atoms with Crippen molar-refractivity contribution in [2.45, 2.75) is 18.5 Å². The van der Waals surface area contributed by atoms with Crippen LogP contribution in [0.25, 0.3) is 0 Å². The van der Waals surface area contributed by atoms with Gasteiger partial charge in [0.05, 0.1) is 6.04 Å². The normalized spacial score (nSPS) is 20.4. The van der Waals surface area contributed by atoms with Gasteiger partial charge in [-0.25, -0.2) is 11.4 Å². The number of thioether (sulfide) groups is 1. The van der Waals surface area contributed by atoms with Crippen LogP contribution in [0.4, 0.5) is 0 Å². The highest BCUT2D eigenvalue weighted by molar-refractivity contribution is 8.14. The van der Waals surface area contributed by atoms with E-state index in [1.807, 2.05) is 12.1 Å². The Balaban J connectivity index is 2.03. The average molecular weight is 340 g/mol. The fourth-order valence-corrected chi connectivity index (χ4v) is 3.88. The number of phenolic OH excluding ortho intramolecular Hbond substituents is 1. The molecule has 0 aliphatic carbocycles. The molecule has 0 saturated carbocycles. The molecule has 1 unspecified atom stereocenters. The van der Waals surface area contributed by atoms with E-state index in [9.17, 15) is 15.0 Å². The van der Waals surface area contributed by atoms with Crippen molar-refractivity contribution in [1.29, 1.82) is 0 Å². The Morgan fingerprint density at radius 1 is 1.59 bits per heavy atom. The second-order valence-corrected chi connectivity index (χ2v) is 7.09. The van der Waals surface area contributed by atoms with E-state index in [2.05, 4.69) is 16.2 Å². The predicted octanol–water partition coefficient (Wildman–Crippen LogP) is 1.58. The Hall–Kier alpha value is -1.31. The lowest BCUT2D eigenvalue weighted by atomic mass is 10.1. The van der Waals surface area contributed by atoms with E-state index in [-0.39, 0.29) is 11.8 Å². The van der Waals surface area contributed by atoms with E-state index in [1.54, 1.807) is 30.8 Å². The summed E-state index contributed by atoms with van der Waals surface area (Å²) in [5.41, 5.74) is -0.256. The number of aromatic hydroxyl groups is 1. The number of hydrogen-bond acceptors (Lipinski definition) is 5. The van der Waals surface area contributed by atoms with Gasteiger partial charge in [-0.05, 0) is 19.1 Å². The predicted molar refractivity (Wildman–Crippen MR) is 95.9 cm³/mol. The molecule has 5 nitrogen and oxygen atoms in total. The van der Waals surface area contributed by atoms with E-state index < -0.39 is 11.5 Å². The van der Waals surface area contributed by atoms with Crippen LogP contribution in [0.1, 0.15) is 12.5 Å². The van der Waals surface area contributed by atoms with Crippen LogP contribution >= 0.6 is 23.1 Å². The van der Waals surface area contributed by atoms with Crippen molar-refractivity contribution in [3.8, 4) is 5.75 Å². The second kappa shape index (κ2) is 7.30. The van der Waals surface area contributed by atoms with Gasteiger partial charge < -0.3 is 10.2 Å². The first-order valence-corrected chi connectivity index (χ1v) is 9.11. The Morgan fingerprint density at radius 3 is 2.95 bits per heavy atom. The molecule has 3 N–H and O–H groups in total. The van der Waals surface area contributed by atoms with Gasteiger partial charge in [-0.3, -0.25) is 15.1 Å². The molecule has 1 aliphatic heterocycles. The molecule has 1 aromatic carbocycles. The molecule has 22 heavy (non-hydrogen) atoms. The zero-order valence-corrected chi connectivity index (χ0v) is 14.0. The molecule has 0 aromatic heterocycles. The number of phenols is 1. The Morgan fingerprint density at radius 2 is 2.32 bits per heavy atom. The van der Waals surface area contributed by atoms with Crippen LogP contribution in [0.2, 0.25) is 0 Å². The topological polar surface area (TPSA) is 81.9 Å². The van der Waals surface area contributed by atoms with Gasteiger partial charge in [0.15, 0.2) is 0 Å². The molecule has 2 atom stereocenters. The van der Waals surface area contributed by atoms with Crippen molar-refractivity contribution < 1.29 is 15.0 Å². The van der Waals surface area contributed by atoms with E-state index in [0.29, 0.717) is 12.3 Å². The Bertz CT molecular complexity index is 606. The molecule has 0 amide bonds. The summed E-state index contributed by atoms with van der Waals surface area (Å²) in [7, 11) is 0. The maximum Gasteiger partial charge on any atom is 0.324 e. The van der Waals surface area contributed by atoms with Crippen LogP contribution in [0.15, 0.2) is 29.3 Å². The summed E-state index contributed by atoms with van der Waals surface area (Å²) in [6.45, 7) is 2.16. The van der Waals surface area contributed by atoms with Crippen LogP contribution in [0, 0.1) is 0 Å². The van der Waals surface area contributed by atoms with Gasteiger partial charge in [0.25, 0.3) is 0 Å². The Kier molecular flexibility index (Phi) is 5.66. The van der Waals surface area contributed by atoms with Gasteiger partial charge in [-0.2, -0.15) is 0 Å². The zero-order chi connectivity index (χ0) is 16.2. The molecule has 7 heteroatoms. The quantitative estimate of drug-likeness (QED) is 0.448. The highest BCUT2D eigenvalue weighted by atomic mass is 32.2. The minimum atomic E-state index is -0.985. The molecule has 1 heterocycles. The molecule has 0 fully saturated rings. The summed E-state index contributed by atoms with van der Waals surface area (Å²) in [6, 6.07) is 7.10. The third-order valence-electron chi connectivity index (χ3n) is 3.47. The van der Waals surface area contributed by atoms with Gasteiger partial charge in [-0.1, -0.05) is 18.0 Å².